The highest BCUT2D eigenvalue weighted by Crippen LogP contribution is 2.36. The molecule has 1 aromatic heterocycles. The number of aromatic nitrogens is 2. The molecule has 2 aliphatic rings. The Bertz CT molecular complexity index is 1130. The predicted molar refractivity (Wildman–Crippen MR) is 130 cm³/mol. The summed E-state index contributed by atoms with van der Waals surface area (Å²) in [5.41, 5.74) is 1.95. The SMILES string of the molecule is CNCc1cc(-c2nn(CC(O)CN3CCC(F)(F)CC3)c3c2CN(S(C)=O)CC3)ccc1C(F)(F)F. The average molecular weight is 550 g/mol. The zero-order valence-corrected chi connectivity index (χ0v) is 21.6. The largest absolute Gasteiger partial charge is 0.416 e. The van der Waals surface area contributed by atoms with Crippen LogP contribution in [-0.4, -0.2) is 79.8 Å². The van der Waals surface area contributed by atoms with Crippen molar-refractivity contribution in [2.45, 2.75) is 57.1 Å². The Balaban J connectivity index is 1.64. The number of nitrogens with one attached hydrogen (secondary N) is 1. The maximum Gasteiger partial charge on any atom is 0.416 e. The molecule has 13 heteroatoms. The van der Waals surface area contributed by atoms with Gasteiger partial charge in [0.2, 0.25) is 0 Å². The molecule has 206 valence electrons. The first kappa shape index (κ1) is 28.1. The number of likely N-dealkylation sites (tertiary alicyclic amines) is 1. The Labute approximate surface area is 215 Å². The second-order valence-electron chi connectivity index (χ2n) is 9.70. The molecule has 2 unspecified atom stereocenters. The van der Waals surface area contributed by atoms with Crippen LogP contribution in [0.25, 0.3) is 11.3 Å². The monoisotopic (exact) mass is 549 g/mol. The number of β-amino-alcohol motifs (C(OH)–C–C–N with tert-alkyl or cyclic N) is 1. The summed E-state index contributed by atoms with van der Waals surface area (Å²) in [6.45, 7) is 1.58. The van der Waals surface area contributed by atoms with Crippen molar-refractivity contribution in [2.24, 2.45) is 0 Å². The summed E-state index contributed by atoms with van der Waals surface area (Å²) < 4.78 is 83.2. The lowest BCUT2D eigenvalue weighted by atomic mass is 9.97. The normalized spacial score (nSPS) is 20.5. The molecule has 37 heavy (non-hydrogen) atoms. The van der Waals surface area contributed by atoms with E-state index in [1.54, 1.807) is 27.2 Å². The van der Waals surface area contributed by atoms with Crippen LogP contribution in [0.1, 0.15) is 35.2 Å². The maximum atomic E-state index is 13.5. The number of aliphatic hydroxyl groups excluding tert-OH is 1. The van der Waals surface area contributed by atoms with E-state index in [9.17, 15) is 31.3 Å². The minimum absolute atomic E-state index is 0.0181. The summed E-state index contributed by atoms with van der Waals surface area (Å²) in [5, 5.41) is 18.2. The summed E-state index contributed by atoms with van der Waals surface area (Å²) in [4.78, 5) is 1.81. The third-order valence-electron chi connectivity index (χ3n) is 6.95. The van der Waals surface area contributed by atoms with Gasteiger partial charge in [-0.3, -0.25) is 4.68 Å². The van der Waals surface area contributed by atoms with Gasteiger partial charge in [-0.05, 0) is 24.7 Å². The molecule has 1 saturated heterocycles. The van der Waals surface area contributed by atoms with E-state index in [1.807, 2.05) is 0 Å². The number of nitrogens with zero attached hydrogens (tertiary/aromatic N) is 4. The van der Waals surface area contributed by atoms with Crippen molar-refractivity contribution < 1.29 is 31.3 Å². The molecule has 0 saturated carbocycles. The summed E-state index contributed by atoms with van der Waals surface area (Å²) in [5.74, 6) is -2.67. The van der Waals surface area contributed by atoms with Crippen molar-refractivity contribution in [1.29, 1.82) is 0 Å². The molecule has 2 aliphatic heterocycles. The topological polar surface area (TPSA) is 73.6 Å². The summed E-state index contributed by atoms with van der Waals surface area (Å²) in [6, 6.07) is 3.91. The molecule has 2 N–H and O–H groups in total. The van der Waals surface area contributed by atoms with Crippen molar-refractivity contribution in [3.63, 3.8) is 0 Å². The van der Waals surface area contributed by atoms with Gasteiger partial charge in [0.1, 0.15) is 0 Å². The van der Waals surface area contributed by atoms with E-state index >= 15 is 0 Å². The van der Waals surface area contributed by atoms with Crippen LogP contribution in [0.2, 0.25) is 0 Å². The maximum absolute atomic E-state index is 13.5. The van der Waals surface area contributed by atoms with Gasteiger partial charge in [0.05, 0.1) is 34.9 Å². The highest BCUT2D eigenvalue weighted by atomic mass is 32.2. The lowest BCUT2D eigenvalue weighted by Crippen LogP contribution is -2.43. The number of benzene rings is 1. The molecule has 0 bridgehead atoms. The lowest BCUT2D eigenvalue weighted by molar-refractivity contribution is -0.138. The molecule has 2 aromatic rings. The van der Waals surface area contributed by atoms with Crippen LogP contribution in [0.3, 0.4) is 0 Å². The molecule has 1 fully saturated rings. The van der Waals surface area contributed by atoms with Gasteiger partial charge in [-0.2, -0.15) is 18.3 Å². The van der Waals surface area contributed by atoms with Crippen molar-refractivity contribution >= 4 is 11.0 Å². The summed E-state index contributed by atoms with van der Waals surface area (Å²) in [6.07, 6.45) is -3.77. The van der Waals surface area contributed by atoms with Gasteiger partial charge in [0, 0.05) is 81.6 Å². The van der Waals surface area contributed by atoms with Crippen LogP contribution in [0.5, 0.6) is 0 Å². The first-order valence-corrected chi connectivity index (χ1v) is 13.7. The second kappa shape index (κ2) is 11.0. The van der Waals surface area contributed by atoms with Crippen LogP contribution in [0.4, 0.5) is 22.0 Å². The van der Waals surface area contributed by atoms with E-state index in [4.69, 9.17) is 5.10 Å². The van der Waals surface area contributed by atoms with Crippen LogP contribution >= 0.6 is 0 Å². The lowest BCUT2D eigenvalue weighted by Gasteiger charge is -2.33. The molecule has 7 nitrogen and oxygen atoms in total. The Hall–Kier alpha value is -1.93. The van der Waals surface area contributed by atoms with Gasteiger partial charge in [0.15, 0.2) is 0 Å². The first-order chi connectivity index (χ1) is 17.4. The standard InChI is InChI=1S/C24H32F5N5O2S/c1-30-12-17-11-16(3-4-20(17)24(27,28)29)22-19-15-33(37(2)36)8-5-21(19)34(31-22)14-18(35)13-32-9-6-23(25,26)7-10-32/h3-4,11,18,30,35H,5-10,12-15H2,1-2H3. The molecule has 0 aliphatic carbocycles. The Kier molecular flexibility index (Phi) is 8.39. The van der Waals surface area contributed by atoms with E-state index < -0.39 is 34.8 Å². The average Bonchev–Trinajstić information content (AvgIpc) is 3.17. The van der Waals surface area contributed by atoms with Crippen molar-refractivity contribution in [3.05, 3.63) is 40.6 Å². The molecule has 0 spiro atoms. The van der Waals surface area contributed by atoms with Crippen LogP contribution in [0, 0.1) is 0 Å². The Morgan fingerprint density at radius 1 is 1.19 bits per heavy atom. The van der Waals surface area contributed by atoms with Crippen molar-refractivity contribution in [2.75, 3.05) is 39.5 Å². The van der Waals surface area contributed by atoms with Gasteiger partial charge < -0.3 is 15.3 Å². The quantitative estimate of drug-likeness (QED) is 0.496. The van der Waals surface area contributed by atoms with E-state index in [0.29, 0.717) is 30.8 Å². The number of halogens is 5. The van der Waals surface area contributed by atoms with Crippen LogP contribution < -0.4 is 5.32 Å². The third kappa shape index (κ3) is 6.56. The zero-order chi connectivity index (χ0) is 27.0. The van der Waals surface area contributed by atoms with Gasteiger partial charge in [0.25, 0.3) is 5.92 Å². The fourth-order valence-corrected chi connectivity index (χ4v) is 5.70. The minimum Gasteiger partial charge on any atom is -0.390 e. The fraction of sp³-hybridized carbons (Fsp3) is 0.625. The Morgan fingerprint density at radius 2 is 1.89 bits per heavy atom. The first-order valence-electron chi connectivity index (χ1n) is 12.2. The molecular weight excluding hydrogens is 517 g/mol. The smallest absolute Gasteiger partial charge is 0.390 e. The van der Waals surface area contributed by atoms with Crippen LogP contribution in [-0.2, 0) is 43.2 Å². The third-order valence-corrected chi connectivity index (χ3v) is 7.99. The predicted octanol–water partition coefficient (Wildman–Crippen LogP) is 3.03. The van der Waals surface area contributed by atoms with Crippen molar-refractivity contribution in [3.8, 4) is 11.3 Å². The zero-order valence-electron chi connectivity index (χ0n) is 20.8. The summed E-state index contributed by atoms with van der Waals surface area (Å²) in [7, 11) is 0.333. The second-order valence-corrected chi connectivity index (χ2v) is 11.1. The number of hydrogen-bond acceptors (Lipinski definition) is 5. The highest BCUT2D eigenvalue weighted by molar-refractivity contribution is 7.81. The number of rotatable bonds is 8. The van der Waals surface area contributed by atoms with E-state index in [1.165, 1.54) is 12.1 Å². The van der Waals surface area contributed by atoms with E-state index in [2.05, 4.69) is 5.32 Å². The summed E-state index contributed by atoms with van der Waals surface area (Å²) >= 11 is 0. The molecule has 1 aromatic carbocycles. The number of alkyl halides is 5. The van der Waals surface area contributed by atoms with Crippen molar-refractivity contribution in [1.82, 2.24) is 24.3 Å². The van der Waals surface area contributed by atoms with Gasteiger partial charge in [-0.1, -0.05) is 6.07 Å². The molecule has 0 radical (unpaired) electrons. The molecule has 4 rings (SSSR count). The number of aliphatic hydroxyl groups is 1. The number of hydrogen-bond donors (Lipinski definition) is 2. The van der Waals surface area contributed by atoms with E-state index in [0.717, 1.165) is 17.3 Å². The molecule has 3 heterocycles. The fourth-order valence-electron chi connectivity index (χ4n) is 5.04. The molecule has 2 atom stereocenters. The van der Waals surface area contributed by atoms with Gasteiger partial charge in [-0.25, -0.2) is 17.3 Å². The van der Waals surface area contributed by atoms with E-state index in [-0.39, 0.29) is 51.1 Å². The molecule has 0 amide bonds. The molecular formula is C24H32F5N5O2S. The Morgan fingerprint density at radius 3 is 2.51 bits per heavy atom. The van der Waals surface area contributed by atoms with Gasteiger partial charge in [-0.15, -0.1) is 0 Å². The van der Waals surface area contributed by atoms with Crippen LogP contribution in [0.15, 0.2) is 18.2 Å². The van der Waals surface area contributed by atoms with Gasteiger partial charge >= 0.3 is 6.18 Å². The highest BCUT2D eigenvalue weighted by Gasteiger charge is 2.36. The number of piperidine rings is 1. The minimum atomic E-state index is -4.50. The number of fused-ring (bicyclic) bond motifs is 1.